The van der Waals surface area contributed by atoms with Crippen LogP contribution in [-0.2, 0) is 23.0 Å². The molecule has 0 aromatic heterocycles. The Bertz CT molecular complexity index is 770. The zero-order valence-corrected chi connectivity index (χ0v) is 28.9. The van der Waals surface area contributed by atoms with Crippen LogP contribution < -0.4 is 51.4 Å². The first-order valence-electron chi connectivity index (χ1n) is 15.6. The van der Waals surface area contributed by atoms with Crippen molar-refractivity contribution in [2.45, 2.75) is 166 Å². The smallest absolute Gasteiger partial charge is 0.744 e. The van der Waals surface area contributed by atoms with E-state index in [1.54, 1.807) is 6.07 Å². The van der Waals surface area contributed by atoms with Gasteiger partial charge in [0.05, 0.1) is 11.6 Å². The molecule has 0 atom stereocenters. The van der Waals surface area contributed by atoms with E-state index in [-0.39, 0.29) is 63.0 Å². The molecule has 0 heterocycles. The van der Waals surface area contributed by atoms with Crippen LogP contribution in [0.2, 0.25) is 0 Å². The molecule has 6 heteroatoms. The predicted molar refractivity (Wildman–Crippen MR) is 155 cm³/mol. The minimum atomic E-state index is -4.42. The third-order valence-electron chi connectivity index (χ3n) is 7.60. The van der Waals surface area contributed by atoms with Gasteiger partial charge in [0.15, 0.2) is 0 Å². The molecule has 0 unspecified atom stereocenters. The first kappa shape index (κ1) is 38.7. The van der Waals surface area contributed by atoms with E-state index >= 15 is 0 Å². The van der Waals surface area contributed by atoms with Crippen LogP contribution >= 0.6 is 0 Å². The van der Waals surface area contributed by atoms with Gasteiger partial charge in [-0.05, 0) is 55.4 Å². The zero-order chi connectivity index (χ0) is 27.0. The first-order chi connectivity index (χ1) is 18.0. The summed E-state index contributed by atoms with van der Waals surface area (Å²) in [5, 5.41) is 0. The number of unbranched alkanes of at least 4 members (excludes halogenated alkanes) is 20. The third-order valence-corrected chi connectivity index (χ3v) is 8.43. The van der Waals surface area contributed by atoms with E-state index in [1.807, 2.05) is 6.07 Å². The Labute approximate surface area is 278 Å². The fourth-order valence-corrected chi connectivity index (χ4v) is 5.74. The summed E-state index contributed by atoms with van der Waals surface area (Å²) in [6.45, 7) is 2.06. The topological polar surface area (TPSA) is 57.2 Å². The molecule has 0 saturated heterocycles. The molecular formula is C32H56FKO3S. The van der Waals surface area contributed by atoms with Crippen LogP contribution in [0.15, 0.2) is 23.1 Å². The predicted octanol–water partition coefficient (Wildman–Crippen LogP) is 7.25. The summed E-state index contributed by atoms with van der Waals surface area (Å²) in [7, 11) is -4.42. The van der Waals surface area contributed by atoms with Gasteiger partial charge in [0.2, 0.25) is 0 Å². The van der Waals surface area contributed by atoms with Crippen molar-refractivity contribution in [3.05, 3.63) is 29.3 Å². The van der Waals surface area contributed by atoms with Crippen LogP contribution in [0, 0.1) is 0 Å². The number of rotatable bonds is 26. The standard InChI is InChI=1S/C32H57FO3S.K/c1-2-3-4-5-6-7-8-9-10-11-12-13-15-19-22-25-31-29-32(37(34,35)36)27-26-30(31)24-21-18-16-14-17-20-23-28-33;/h26-27,29H,2-25,28H2,1H3,(H,34,35,36);/q;+1/p-1. The van der Waals surface area contributed by atoms with Crippen molar-refractivity contribution in [2.75, 3.05) is 6.67 Å². The fraction of sp³-hybridized carbons (Fsp3) is 0.812. The van der Waals surface area contributed by atoms with Crippen molar-refractivity contribution in [1.29, 1.82) is 0 Å². The second kappa shape index (κ2) is 26.6. The van der Waals surface area contributed by atoms with E-state index in [9.17, 15) is 17.4 Å². The summed E-state index contributed by atoms with van der Waals surface area (Å²) in [6.07, 6.45) is 28.9. The maximum Gasteiger partial charge on any atom is 1.00 e. The quantitative estimate of drug-likeness (QED) is 0.0661. The molecule has 1 aromatic carbocycles. The van der Waals surface area contributed by atoms with Gasteiger partial charge in [0.25, 0.3) is 0 Å². The van der Waals surface area contributed by atoms with Crippen LogP contribution in [-0.4, -0.2) is 19.6 Å². The van der Waals surface area contributed by atoms with E-state index in [1.165, 1.54) is 95.1 Å². The van der Waals surface area contributed by atoms with E-state index in [4.69, 9.17) is 0 Å². The molecule has 1 aromatic rings. The van der Waals surface area contributed by atoms with E-state index in [0.29, 0.717) is 6.42 Å². The Balaban J connectivity index is 0.0000137. The molecule has 0 aliphatic rings. The average molecular weight is 579 g/mol. The molecule has 0 aliphatic heterocycles. The SMILES string of the molecule is CCCCCCCCCCCCCCCCCc1cc(S(=O)(=O)[O-])ccc1CCCCCCCCCF.[K+]. The minimum Gasteiger partial charge on any atom is -0.744 e. The number of hydrogen-bond acceptors (Lipinski definition) is 3. The Hall–Kier alpha value is 0.696. The molecule has 0 spiro atoms. The van der Waals surface area contributed by atoms with Gasteiger partial charge in [-0.25, -0.2) is 8.42 Å². The van der Waals surface area contributed by atoms with Crippen LogP contribution in [0.4, 0.5) is 4.39 Å². The molecule has 0 N–H and O–H groups in total. The Morgan fingerprint density at radius 2 is 0.947 bits per heavy atom. The first-order valence-corrected chi connectivity index (χ1v) is 17.0. The van der Waals surface area contributed by atoms with E-state index in [2.05, 4.69) is 6.92 Å². The van der Waals surface area contributed by atoms with Gasteiger partial charge in [-0.1, -0.05) is 135 Å². The summed E-state index contributed by atoms with van der Waals surface area (Å²) in [4.78, 5) is -0.0972. The molecule has 3 nitrogen and oxygen atoms in total. The Morgan fingerprint density at radius 3 is 1.34 bits per heavy atom. The molecular weight excluding hydrogens is 523 g/mol. The maximum atomic E-state index is 12.2. The Morgan fingerprint density at radius 1 is 0.579 bits per heavy atom. The van der Waals surface area contributed by atoms with Gasteiger partial charge < -0.3 is 4.55 Å². The van der Waals surface area contributed by atoms with Crippen molar-refractivity contribution in [2.24, 2.45) is 0 Å². The maximum absolute atomic E-state index is 12.2. The van der Waals surface area contributed by atoms with Crippen molar-refractivity contribution in [1.82, 2.24) is 0 Å². The van der Waals surface area contributed by atoms with E-state index < -0.39 is 10.1 Å². The van der Waals surface area contributed by atoms with Crippen molar-refractivity contribution in [3.8, 4) is 0 Å². The second-order valence-corrected chi connectivity index (χ2v) is 12.4. The normalized spacial score (nSPS) is 11.6. The molecule has 0 amide bonds. The summed E-state index contributed by atoms with van der Waals surface area (Å²) in [6, 6.07) is 4.95. The summed E-state index contributed by atoms with van der Waals surface area (Å²) >= 11 is 0. The van der Waals surface area contributed by atoms with Gasteiger partial charge in [0, 0.05) is 0 Å². The number of benzene rings is 1. The second-order valence-electron chi connectivity index (χ2n) is 11.0. The van der Waals surface area contributed by atoms with E-state index in [0.717, 1.165) is 69.8 Å². The number of aryl methyl sites for hydroxylation is 2. The third kappa shape index (κ3) is 21.4. The molecule has 1 rings (SSSR count). The minimum absolute atomic E-state index is 0. The molecule has 0 saturated carbocycles. The summed E-state index contributed by atoms with van der Waals surface area (Å²) in [5.41, 5.74) is 2.23. The average Bonchev–Trinajstić information content (AvgIpc) is 2.87. The molecule has 0 bridgehead atoms. The molecule has 0 fully saturated rings. The number of halogens is 1. The number of alkyl halides is 1. The van der Waals surface area contributed by atoms with Crippen LogP contribution in [0.1, 0.15) is 159 Å². The number of hydrogen-bond donors (Lipinski definition) is 0. The largest absolute Gasteiger partial charge is 1.00 e. The summed E-state index contributed by atoms with van der Waals surface area (Å²) < 4.78 is 46.8. The van der Waals surface area contributed by atoms with Crippen LogP contribution in [0.5, 0.6) is 0 Å². The van der Waals surface area contributed by atoms with Crippen LogP contribution in [0.3, 0.4) is 0 Å². The molecule has 0 radical (unpaired) electrons. The fourth-order valence-electron chi connectivity index (χ4n) is 5.22. The van der Waals surface area contributed by atoms with Crippen molar-refractivity contribution < 1.29 is 68.7 Å². The molecule has 0 aliphatic carbocycles. The van der Waals surface area contributed by atoms with Crippen LogP contribution in [0.25, 0.3) is 0 Å². The van der Waals surface area contributed by atoms with Gasteiger partial charge in [-0.2, -0.15) is 0 Å². The molecule has 38 heavy (non-hydrogen) atoms. The summed E-state index contributed by atoms with van der Waals surface area (Å²) in [5.74, 6) is 0. The Kier molecular flexibility index (Phi) is 27.1. The molecule has 216 valence electrons. The zero-order valence-electron chi connectivity index (χ0n) is 24.9. The van der Waals surface area contributed by atoms with Gasteiger partial charge in [-0.3, -0.25) is 4.39 Å². The van der Waals surface area contributed by atoms with Gasteiger partial charge >= 0.3 is 51.4 Å². The van der Waals surface area contributed by atoms with Gasteiger partial charge in [0.1, 0.15) is 10.1 Å². The van der Waals surface area contributed by atoms with Crippen molar-refractivity contribution in [3.63, 3.8) is 0 Å². The van der Waals surface area contributed by atoms with Crippen molar-refractivity contribution >= 4 is 10.1 Å². The monoisotopic (exact) mass is 578 g/mol. The van der Waals surface area contributed by atoms with Gasteiger partial charge in [-0.15, -0.1) is 0 Å².